The number of benzene rings is 1. The zero-order valence-corrected chi connectivity index (χ0v) is 9.31. The summed E-state index contributed by atoms with van der Waals surface area (Å²) < 4.78 is 18.7. The van der Waals surface area contributed by atoms with E-state index in [-0.39, 0.29) is 22.6 Å². The van der Waals surface area contributed by atoms with E-state index in [2.05, 4.69) is 0 Å². The Labute approximate surface area is 95.1 Å². The molecule has 84 valence electrons. The zero-order chi connectivity index (χ0) is 11.7. The molecule has 1 N–H and O–H groups in total. The summed E-state index contributed by atoms with van der Waals surface area (Å²) in [6.07, 6.45) is 0. The van der Waals surface area contributed by atoms with Crippen molar-refractivity contribution in [3.63, 3.8) is 0 Å². The topological polar surface area (TPSA) is 46.5 Å². The van der Waals surface area contributed by atoms with Gasteiger partial charge in [-0.3, -0.25) is 0 Å². The lowest BCUT2D eigenvalue weighted by molar-refractivity contribution is 0.0529. The van der Waals surface area contributed by atoms with Gasteiger partial charge in [0.15, 0.2) is 10.6 Å². The molecule has 0 aliphatic rings. The van der Waals surface area contributed by atoms with Gasteiger partial charge in [0.25, 0.3) is 0 Å². The van der Waals surface area contributed by atoms with Gasteiger partial charge >= 0.3 is 5.97 Å². The Morgan fingerprint density at radius 3 is 2.94 bits per heavy atom. The predicted molar refractivity (Wildman–Crippen MR) is 59.4 cm³/mol. The molecule has 0 fully saturated rings. The van der Waals surface area contributed by atoms with Crippen molar-refractivity contribution in [2.45, 2.75) is 6.92 Å². The monoisotopic (exact) mass is 240 g/mol. The van der Waals surface area contributed by atoms with Crippen LogP contribution in [0.2, 0.25) is 0 Å². The molecule has 5 heteroatoms. The van der Waals surface area contributed by atoms with Crippen LogP contribution in [0, 0.1) is 5.82 Å². The van der Waals surface area contributed by atoms with E-state index in [4.69, 9.17) is 4.74 Å². The Morgan fingerprint density at radius 2 is 2.31 bits per heavy atom. The number of carbonyl (C=O) groups excluding carboxylic acids is 1. The van der Waals surface area contributed by atoms with E-state index in [1.54, 1.807) is 13.0 Å². The van der Waals surface area contributed by atoms with Crippen LogP contribution in [0.25, 0.3) is 10.1 Å². The highest BCUT2D eigenvalue weighted by atomic mass is 32.1. The Balaban J connectivity index is 2.61. The maximum Gasteiger partial charge on any atom is 0.352 e. The number of esters is 1. The van der Waals surface area contributed by atoms with Gasteiger partial charge in [-0.25, -0.2) is 9.18 Å². The lowest BCUT2D eigenvalue weighted by Crippen LogP contribution is -2.02. The van der Waals surface area contributed by atoms with Crippen LogP contribution in [0.15, 0.2) is 18.2 Å². The molecule has 1 heterocycles. The first kappa shape index (κ1) is 10.9. The average Bonchev–Trinajstić information content (AvgIpc) is 2.58. The molecule has 0 aliphatic heterocycles. The number of halogens is 1. The summed E-state index contributed by atoms with van der Waals surface area (Å²) in [7, 11) is 0. The van der Waals surface area contributed by atoms with Crippen molar-refractivity contribution in [2.75, 3.05) is 6.61 Å². The van der Waals surface area contributed by atoms with Crippen molar-refractivity contribution >= 4 is 27.4 Å². The van der Waals surface area contributed by atoms with E-state index >= 15 is 0 Å². The highest BCUT2D eigenvalue weighted by Crippen LogP contribution is 2.38. The Morgan fingerprint density at radius 1 is 1.56 bits per heavy atom. The van der Waals surface area contributed by atoms with E-state index in [1.807, 2.05) is 0 Å². The van der Waals surface area contributed by atoms with E-state index in [0.717, 1.165) is 11.3 Å². The van der Waals surface area contributed by atoms with E-state index in [0.29, 0.717) is 4.70 Å². The van der Waals surface area contributed by atoms with Crippen molar-refractivity contribution in [3.8, 4) is 5.75 Å². The van der Waals surface area contributed by atoms with Crippen LogP contribution in [0.3, 0.4) is 0 Å². The first-order chi connectivity index (χ1) is 7.65. The maximum absolute atomic E-state index is 13.4. The largest absolute Gasteiger partial charge is 0.505 e. The number of rotatable bonds is 2. The second-order valence-electron chi connectivity index (χ2n) is 3.11. The van der Waals surface area contributed by atoms with Gasteiger partial charge < -0.3 is 9.84 Å². The van der Waals surface area contributed by atoms with Crippen molar-refractivity contribution in [1.29, 1.82) is 0 Å². The fraction of sp³-hybridized carbons (Fsp3) is 0.182. The first-order valence-corrected chi connectivity index (χ1v) is 5.54. The summed E-state index contributed by atoms with van der Waals surface area (Å²) in [6, 6.07) is 4.41. The third-order valence-electron chi connectivity index (χ3n) is 2.10. The molecule has 3 nitrogen and oxygen atoms in total. The van der Waals surface area contributed by atoms with Crippen LogP contribution in [0.5, 0.6) is 5.75 Å². The number of hydrogen-bond donors (Lipinski definition) is 1. The average molecular weight is 240 g/mol. The molecule has 16 heavy (non-hydrogen) atoms. The van der Waals surface area contributed by atoms with Gasteiger partial charge in [0.1, 0.15) is 5.82 Å². The molecule has 0 amide bonds. The quantitative estimate of drug-likeness (QED) is 0.821. The van der Waals surface area contributed by atoms with Crippen molar-refractivity contribution in [3.05, 3.63) is 28.9 Å². The standard InChI is InChI=1S/C11H9FO3S/c1-2-15-11(14)10-9(13)8-6(12)4-3-5-7(8)16-10/h3-5,13H,2H2,1H3. The molecule has 0 unspecified atom stereocenters. The molecule has 2 rings (SSSR count). The molecule has 1 aromatic carbocycles. The van der Waals surface area contributed by atoms with Gasteiger partial charge in [-0.15, -0.1) is 11.3 Å². The molecule has 0 saturated heterocycles. The Hall–Kier alpha value is -1.62. The van der Waals surface area contributed by atoms with Gasteiger partial charge in [-0.1, -0.05) is 6.07 Å². The minimum atomic E-state index is -0.624. The Kier molecular flexibility index (Phi) is 2.78. The molecular weight excluding hydrogens is 231 g/mol. The summed E-state index contributed by atoms with van der Waals surface area (Å²) >= 11 is 1.02. The smallest absolute Gasteiger partial charge is 0.352 e. The van der Waals surface area contributed by atoms with Crippen molar-refractivity contribution < 1.29 is 19.0 Å². The fourth-order valence-corrected chi connectivity index (χ4v) is 2.43. The van der Waals surface area contributed by atoms with Crippen LogP contribution < -0.4 is 0 Å². The molecule has 0 bridgehead atoms. The number of thiophene rings is 1. The zero-order valence-electron chi connectivity index (χ0n) is 8.49. The molecule has 0 radical (unpaired) electrons. The van der Waals surface area contributed by atoms with Gasteiger partial charge in [0.05, 0.1) is 12.0 Å². The summed E-state index contributed by atoms with van der Waals surface area (Å²) in [4.78, 5) is 11.5. The molecule has 0 aliphatic carbocycles. The maximum atomic E-state index is 13.4. The number of aromatic hydroxyl groups is 1. The fourth-order valence-electron chi connectivity index (χ4n) is 1.43. The number of fused-ring (bicyclic) bond motifs is 1. The number of ether oxygens (including phenoxy) is 1. The lowest BCUT2D eigenvalue weighted by Gasteiger charge is -1.98. The first-order valence-electron chi connectivity index (χ1n) is 4.72. The summed E-state index contributed by atoms with van der Waals surface area (Å²) in [5.41, 5.74) is 0. The van der Waals surface area contributed by atoms with Crippen molar-refractivity contribution in [2.24, 2.45) is 0 Å². The normalized spacial score (nSPS) is 10.6. The highest BCUT2D eigenvalue weighted by Gasteiger charge is 2.20. The minimum absolute atomic E-state index is 0.0435. The second kappa shape index (κ2) is 4.09. The molecule has 0 atom stereocenters. The van der Waals surface area contributed by atoms with E-state index in [1.165, 1.54) is 12.1 Å². The summed E-state index contributed by atoms with van der Waals surface area (Å²) in [6.45, 7) is 1.89. The SMILES string of the molecule is CCOC(=O)c1sc2cccc(F)c2c1O. The molecule has 0 saturated carbocycles. The van der Waals surface area contributed by atoms with E-state index < -0.39 is 11.8 Å². The van der Waals surface area contributed by atoms with Crippen LogP contribution in [-0.4, -0.2) is 17.7 Å². The van der Waals surface area contributed by atoms with Gasteiger partial charge in [0.2, 0.25) is 0 Å². The van der Waals surface area contributed by atoms with Gasteiger partial charge in [-0.05, 0) is 19.1 Å². The third-order valence-corrected chi connectivity index (χ3v) is 3.22. The van der Waals surface area contributed by atoms with Crippen LogP contribution in [-0.2, 0) is 4.74 Å². The van der Waals surface area contributed by atoms with Crippen LogP contribution >= 0.6 is 11.3 Å². The molecule has 0 spiro atoms. The lowest BCUT2D eigenvalue weighted by atomic mass is 10.2. The highest BCUT2D eigenvalue weighted by molar-refractivity contribution is 7.21. The molecule has 2 aromatic rings. The van der Waals surface area contributed by atoms with Crippen LogP contribution in [0.1, 0.15) is 16.6 Å². The number of hydrogen-bond acceptors (Lipinski definition) is 4. The van der Waals surface area contributed by atoms with Gasteiger partial charge in [0, 0.05) is 4.70 Å². The number of carbonyl (C=O) groups is 1. The molecule has 1 aromatic heterocycles. The van der Waals surface area contributed by atoms with Crippen LogP contribution in [0.4, 0.5) is 4.39 Å². The Bertz CT molecular complexity index is 547. The molecular formula is C11H9FO3S. The summed E-state index contributed by atoms with van der Waals surface area (Å²) in [5.74, 6) is -1.50. The minimum Gasteiger partial charge on any atom is -0.505 e. The second-order valence-corrected chi connectivity index (χ2v) is 4.17. The predicted octanol–water partition coefficient (Wildman–Crippen LogP) is 2.92. The third kappa shape index (κ3) is 1.63. The van der Waals surface area contributed by atoms with E-state index in [9.17, 15) is 14.3 Å². The van der Waals surface area contributed by atoms with Gasteiger partial charge in [-0.2, -0.15) is 0 Å². The van der Waals surface area contributed by atoms with Crippen molar-refractivity contribution in [1.82, 2.24) is 0 Å². The summed E-state index contributed by atoms with van der Waals surface area (Å²) in [5, 5.41) is 9.82.